The molecule has 0 aromatic heterocycles. The van der Waals surface area contributed by atoms with Crippen LogP contribution in [0, 0.1) is 12.3 Å². The van der Waals surface area contributed by atoms with Crippen molar-refractivity contribution in [2.75, 3.05) is 13.1 Å². The maximum atomic E-state index is 12.5. The van der Waals surface area contributed by atoms with Crippen molar-refractivity contribution in [1.82, 2.24) is 10.2 Å². The minimum Gasteiger partial charge on any atom is -0.343 e. The van der Waals surface area contributed by atoms with E-state index in [2.05, 4.69) is 11.2 Å². The van der Waals surface area contributed by atoms with Gasteiger partial charge in [0, 0.05) is 22.2 Å². The van der Waals surface area contributed by atoms with Gasteiger partial charge in [0.05, 0.1) is 6.54 Å². The van der Waals surface area contributed by atoms with Gasteiger partial charge >= 0.3 is 0 Å². The molecule has 1 aromatic rings. The lowest BCUT2D eigenvalue weighted by Gasteiger charge is -2.23. The van der Waals surface area contributed by atoms with E-state index in [1.807, 2.05) is 0 Å². The van der Waals surface area contributed by atoms with E-state index in [1.54, 1.807) is 18.2 Å². The maximum absolute atomic E-state index is 12.5. The van der Waals surface area contributed by atoms with Gasteiger partial charge in [-0.05, 0) is 31.0 Å². The third-order valence-electron chi connectivity index (χ3n) is 3.29. The Morgan fingerprint density at radius 3 is 2.62 bits per heavy atom. The van der Waals surface area contributed by atoms with E-state index in [0.717, 1.165) is 6.42 Å². The van der Waals surface area contributed by atoms with Gasteiger partial charge in [-0.1, -0.05) is 29.1 Å². The Kier molecular flexibility index (Phi) is 5.11. The third-order valence-corrected chi connectivity index (χ3v) is 3.73. The van der Waals surface area contributed by atoms with Crippen LogP contribution in [0.4, 0.5) is 0 Å². The first-order chi connectivity index (χ1) is 10.0. The van der Waals surface area contributed by atoms with Gasteiger partial charge < -0.3 is 10.2 Å². The summed E-state index contributed by atoms with van der Waals surface area (Å²) in [5, 5.41) is 3.39. The Bertz CT molecular complexity index is 590. The van der Waals surface area contributed by atoms with Gasteiger partial charge in [0.25, 0.3) is 5.91 Å². The molecule has 2 rings (SSSR count). The lowest BCUT2D eigenvalue weighted by Crippen LogP contribution is -2.46. The Morgan fingerprint density at radius 2 is 2.00 bits per heavy atom. The molecule has 110 valence electrons. The van der Waals surface area contributed by atoms with Crippen molar-refractivity contribution in [3.8, 4) is 12.3 Å². The highest BCUT2D eigenvalue weighted by Gasteiger charge is 2.34. The number of rotatable bonds is 3. The molecule has 0 bridgehead atoms. The second-order valence-corrected chi connectivity index (χ2v) is 5.61. The standard InChI is InChI=1S/C15H14Cl2N2O2/c1-2-5-18-14(20)13-4-3-6-19(13)15(21)10-7-11(16)9-12(17)8-10/h1,7-9,13H,3-6H2,(H,18,20)/t13-/m0/s1. The van der Waals surface area contributed by atoms with Gasteiger partial charge in [0.2, 0.25) is 5.91 Å². The van der Waals surface area contributed by atoms with Gasteiger partial charge in [0.1, 0.15) is 6.04 Å². The highest BCUT2D eigenvalue weighted by molar-refractivity contribution is 6.35. The first-order valence-electron chi connectivity index (χ1n) is 6.51. The van der Waals surface area contributed by atoms with Crippen LogP contribution < -0.4 is 5.32 Å². The monoisotopic (exact) mass is 324 g/mol. The van der Waals surface area contributed by atoms with E-state index in [1.165, 1.54) is 4.90 Å². The molecule has 1 aliphatic rings. The summed E-state index contributed by atoms with van der Waals surface area (Å²) >= 11 is 11.8. The van der Waals surface area contributed by atoms with Crippen LogP contribution >= 0.6 is 23.2 Å². The van der Waals surface area contributed by atoms with Gasteiger partial charge in [-0.25, -0.2) is 0 Å². The number of nitrogens with zero attached hydrogens (tertiary/aromatic N) is 1. The van der Waals surface area contributed by atoms with Crippen molar-refractivity contribution < 1.29 is 9.59 Å². The second kappa shape index (κ2) is 6.84. The predicted molar refractivity (Wildman–Crippen MR) is 82.4 cm³/mol. The number of hydrogen-bond acceptors (Lipinski definition) is 2. The first kappa shape index (κ1) is 15.7. The Labute approximate surface area is 133 Å². The molecule has 1 atom stereocenters. The van der Waals surface area contributed by atoms with Crippen molar-refractivity contribution in [1.29, 1.82) is 0 Å². The molecule has 2 amide bonds. The van der Waals surface area contributed by atoms with Crippen LogP contribution in [0.2, 0.25) is 10.0 Å². The SMILES string of the molecule is C#CCNC(=O)[C@@H]1CCCN1C(=O)c1cc(Cl)cc(Cl)c1. The van der Waals surface area contributed by atoms with Crippen LogP contribution in [0.3, 0.4) is 0 Å². The van der Waals surface area contributed by atoms with Crippen LogP contribution in [0.15, 0.2) is 18.2 Å². The lowest BCUT2D eigenvalue weighted by atomic mass is 10.1. The minimum absolute atomic E-state index is 0.153. The van der Waals surface area contributed by atoms with E-state index in [4.69, 9.17) is 29.6 Å². The van der Waals surface area contributed by atoms with Crippen molar-refractivity contribution >= 4 is 35.0 Å². The van der Waals surface area contributed by atoms with E-state index in [9.17, 15) is 9.59 Å². The molecule has 0 radical (unpaired) electrons. The smallest absolute Gasteiger partial charge is 0.254 e. The summed E-state index contributed by atoms with van der Waals surface area (Å²) in [6.45, 7) is 0.678. The molecule has 0 spiro atoms. The summed E-state index contributed by atoms with van der Waals surface area (Å²) in [5.74, 6) is 1.86. The summed E-state index contributed by atoms with van der Waals surface area (Å²) in [7, 11) is 0. The second-order valence-electron chi connectivity index (χ2n) is 4.74. The molecule has 1 aromatic carbocycles. The molecular weight excluding hydrogens is 311 g/mol. The van der Waals surface area contributed by atoms with Gasteiger partial charge in [-0.15, -0.1) is 6.42 Å². The summed E-state index contributed by atoms with van der Waals surface area (Å²) < 4.78 is 0. The van der Waals surface area contributed by atoms with Crippen molar-refractivity contribution in [3.63, 3.8) is 0 Å². The van der Waals surface area contributed by atoms with Gasteiger partial charge in [0.15, 0.2) is 0 Å². The van der Waals surface area contributed by atoms with Crippen molar-refractivity contribution in [2.24, 2.45) is 0 Å². The number of benzene rings is 1. The molecule has 0 saturated carbocycles. The molecule has 21 heavy (non-hydrogen) atoms. The average molecular weight is 325 g/mol. The Hall–Kier alpha value is -1.70. The zero-order chi connectivity index (χ0) is 15.4. The molecular formula is C15H14Cl2N2O2. The van der Waals surface area contributed by atoms with Gasteiger partial charge in [-0.2, -0.15) is 0 Å². The summed E-state index contributed by atoms with van der Waals surface area (Å²) in [4.78, 5) is 26.1. The predicted octanol–water partition coefficient (Wildman–Crippen LogP) is 2.35. The zero-order valence-electron chi connectivity index (χ0n) is 11.2. The molecule has 0 aliphatic carbocycles. The van der Waals surface area contributed by atoms with Crippen LogP contribution in [0.1, 0.15) is 23.2 Å². The van der Waals surface area contributed by atoms with Crippen LogP contribution in [0.25, 0.3) is 0 Å². The van der Waals surface area contributed by atoms with Gasteiger partial charge in [-0.3, -0.25) is 9.59 Å². The number of likely N-dealkylation sites (tertiary alicyclic amines) is 1. The number of halogens is 2. The number of carbonyl (C=O) groups excluding carboxylic acids is 2. The number of amides is 2. The number of nitrogens with one attached hydrogen (secondary N) is 1. The summed E-state index contributed by atoms with van der Waals surface area (Å²) in [5.41, 5.74) is 0.379. The molecule has 1 heterocycles. The van der Waals surface area contributed by atoms with Crippen molar-refractivity contribution in [2.45, 2.75) is 18.9 Å². The van der Waals surface area contributed by atoms with E-state index in [0.29, 0.717) is 28.6 Å². The molecule has 6 heteroatoms. The topological polar surface area (TPSA) is 49.4 Å². The zero-order valence-corrected chi connectivity index (χ0v) is 12.7. The van der Waals surface area contributed by atoms with Crippen LogP contribution in [0.5, 0.6) is 0 Å². The van der Waals surface area contributed by atoms with E-state index >= 15 is 0 Å². The van der Waals surface area contributed by atoms with Crippen LogP contribution in [-0.2, 0) is 4.79 Å². The van der Waals surface area contributed by atoms with E-state index in [-0.39, 0.29) is 18.4 Å². The Balaban J connectivity index is 2.17. The fourth-order valence-electron chi connectivity index (χ4n) is 2.38. The Morgan fingerprint density at radius 1 is 1.33 bits per heavy atom. The van der Waals surface area contributed by atoms with E-state index < -0.39 is 6.04 Å². The largest absolute Gasteiger partial charge is 0.343 e. The number of hydrogen-bond donors (Lipinski definition) is 1. The number of terminal acetylenes is 1. The highest BCUT2D eigenvalue weighted by Crippen LogP contribution is 2.24. The molecule has 4 nitrogen and oxygen atoms in total. The number of carbonyl (C=O) groups is 2. The minimum atomic E-state index is -0.497. The summed E-state index contributed by atoms with van der Waals surface area (Å²) in [6, 6.07) is 4.15. The fourth-order valence-corrected chi connectivity index (χ4v) is 2.91. The first-order valence-corrected chi connectivity index (χ1v) is 7.26. The maximum Gasteiger partial charge on any atom is 0.254 e. The highest BCUT2D eigenvalue weighted by atomic mass is 35.5. The molecule has 1 saturated heterocycles. The van der Waals surface area contributed by atoms with Crippen molar-refractivity contribution in [3.05, 3.63) is 33.8 Å². The average Bonchev–Trinajstić information content (AvgIpc) is 2.92. The third kappa shape index (κ3) is 3.69. The molecule has 1 fully saturated rings. The lowest BCUT2D eigenvalue weighted by molar-refractivity contribution is -0.124. The van der Waals surface area contributed by atoms with Crippen LogP contribution in [-0.4, -0.2) is 35.8 Å². The summed E-state index contributed by atoms with van der Waals surface area (Å²) in [6.07, 6.45) is 6.51. The molecule has 1 N–H and O–H groups in total. The fraction of sp³-hybridized carbons (Fsp3) is 0.333. The molecule has 1 aliphatic heterocycles. The molecule has 0 unspecified atom stereocenters. The quantitative estimate of drug-likeness (QED) is 0.868. The normalized spacial score (nSPS) is 17.4.